The first-order chi connectivity index (χ1) is 15.8. The molecular formula is C23H24Cl2N2O6. The minimum absolute atomic E-state index is 0.154. The Morgan fingerprint density at radius 3 is 2.30 bits per heavy atom. The van der Waals surface area contributed by atoms with Crippen molar-refractivity contribution in [2.24, 2.45) is 0 Å². The van der Waals surface area contributed by atoms with E-state index in [2.05, 4.69) is 10.6 Å². The van der Waals surface area contributed by atoms with E-state index < -0.39 is 30.4 Å². The predicted molar refractivity (Wildman–Crippen MR) is 126 cm³/mol. The molecule has 0 bridgehead atoms. The molecule has 0 saturated heterocycles. The van der Waals surface area contributed by atoms with Gasteiger partial charge in [0.25, 0.3) is 5.91 Å². The summed E-state index contributed by atoms with van der Waals surface area (Å²) in [5.74, 6) is -2.18. The van der Waals surface area contributed by atoms with Gasteiger partial charge in [-0.05, 0) is 42.8 Å². The summed E-state index contributed by atoms with van der Waals surface area (Å²) in [6, 6.07) is 10.9. The maximum atomic E-state index is 12.1. The molecule has 2 aromatic rings. The molecule has 0 heterocycles. The molecule has 176 valence electrons. The molecule has 0 aromatic heterocycles. The van der Waals surface area contributed by atoms with Gasteiger partial charge in [-0.15, -0.1) is 0 Å². The molecule has 0 atom stereocenters. The van der Waals surface area contributed by atoms with Crippen LogP contribution < -0.4 is 10.6 Å². The SMILES string of the molecule is CCCCOC(=O)c1cccc(NC(=O)CCC(=O)OCC(=O)Nc2ccc(Cl)c(Cl)c2)c1. The van der Waals surface area contributed by atoms with E-state index in [0.29, 0.717) is 28.6 Å². The molecule has 0 aliphatic heterocycles. The zero-order valence-corrected chi connectivity index (χ0v) is 19.5. The van der Waals surface area contributed by atoms with Crippen molar-refractivity contribution in [3.05, 3.63) is 58.1 Å². The number of ether oxygens (including phenoxy) is 2. The molecule has 2 aromatic carbocycles. The molecule has 8 nitrogen and oxygen atoms in total. The van der Waals surface area contributed by atoms with E-state index in [-0.39, 0.29) is 17.9 Å². The molecule has 33 heavy (non-hydrogen) atoms. The average Bonchev–Trinajstić information content (AvgIpc) is 2.79. The van der Waals surface area contributed by atoms with Crippen LogP contribution in [-0.2, 0) is 23.9 Å². The quantitative estimate of drug-likeness (QED) is 0.341. The number of benzene rings is 2. The molecule has 2 amide bonds. The lowest BCUT2D eigenvalue weighted by molar-refractivity contribution is -0.147. The Morgan fingerprint density at radius 2 is 1.58 bits per heavy atom. The van der Waals surface area contributed by atoms with Crippen molar-refractivity contribution >= 4 is 58.3 Å². The minimum Gasteiger partial charge on any atom is -0.462 e. The number of hydrogen-bond donors (Lipinski definition) is 2. The number of hydrogen-bond acceptors (Lipinski definition) is 6. The lowest BCUT2D eigenvalue weighted by Crippen LogP contribution is -2.21. The fraction of sp³-hybridized carbons (Fsp3) is 0.304. The van der Waals surface area contributed by atoms with Gasteiger partial charge in [0.05, 0.1) is 28.6 Å². The fourth-order valence-corrected chi connectivity index (χ4v) is 2.84. The Morgan fingerprint density at radius 1 is 0.848 bits per heavy atom. The first-order valence-electron chi connectivity index (χ1n) is 10.3. The van der Waals surface area contributed by atoms with Crippen LogP contribution in [0.1, 0.15) is 43.0 Å². The van der Waals surface area contributed by atoms with Crippen LogP contribution in [0.15, 0.2) is 42.5 Å². The van der Waals surface area contributed by atoms with Gasteiger partial charge in [0.1, 0.15) is 0 Å². The number of amides is 2. The lowest BCUT2D eigenvalue weighted by atomic mass is 10.2. The maximum absolute atomic E-state index is 12.1. The van der Waals surface area contributed by atoms with Crippen LogP contribution in [0.4, 0.5) is 11.4 Å². The van der Waals surface area contributed by atoms with Gasteiger partial charge >= 0.3 is 11.9 Å². The van der Waals surface area contributed by atoms with Gasteiger partial charge in [-0.2, -0.15) is 0 Å². The topological polar surface area (TPSA) is 111 Å². The highest BCUT2D eigenvalue weighted by molar-refractivity contribution is 6.42. The van der Waals surface area contributed by atoms with Crippen molar-refractivity contribution in [1.29, 1.82) is 0 Å². The highest BCUT2D eigenvalue weighted by atomic mass is 35.5. The van der Waals surface area contributed by atoms with Gasteiger partial charge in [0.2, 0.25) is 5.91 Å². The second kappa shape index (κ2) is 13.4. The summed E-state index contributed by atoms with van der Waals surface area (Å²) in [5, 5.41) is 5.75. The third kappa shape index (κ3) is 9.51. The number of unbranched alkanes of at least 4 members (excludes halogenated alkanes) is 1. The summed E-state index contributed by atoms with van der Waals surface area (Å²) in [6.07, 6.45) is 1.31. The van der Waals surface area contributed by atoms with Gasteiger partial charge in [-0.3, -0.25) is 14.4 Å². The van der Waals surface area contributed by atoms with Gasteiger partial charge in [-0.1, -0.05) is 42.6 Å². The van der Waals surface area contributed by atoms with Crippen molar-refractivity contribution in [2.45, 2.75) is 32.6 Å². The highest BCUT2D eigenvalue weighted by Crippen LogP contribution is 2.24. The zero-order chi connectivity index (χ0) is 24.2. The largest absolute Gasteiger partial charge is 0.462 e. The number of rotatable bonds is 11. The Hall–Kier alpha value is -3.10. The third-order valence-electron chi connectivity index (χ3n) is 4.24. The number of anilines is 2. The molecule has 0 radical (unpaired) electrons. The summed E-state index contributed by atoms with van der Waals surface area (Å²) in [6.45, 7) is 1.81. The summed E-state index contributed by atoms with van der Waals surface area (Å²) in [4.78, 5) is 47.8. The van der Waals surface area contributed by atoms with E-state index in [4.69, 9.17) is 32.7 Å². The number of halogens is 2. The average molecular weight is 495 g/mol. The van der Waals surface area contributed by atoms with E-state index in [9.17, 15) is 19.2 Å². The second-order valence-electron chi connectivity index (χ2n) is 6.96. The Balaban J connectivity index is 1.72. The van der Waals surface area contributed by atoms with Crippen LogP contribution in [-0.4, -0.2) is 37.0 Å². The van der Waals surface area contributed by atoms with Gasteiger partial charge in [-0.25, -0.2) is 4.79 Å². The van der Waals surface area contributed by atoms with Gasteiger partial charge < -0.3 is 20.1 Å². The standard InChI is InChI=1S/C23H24Cl2N2O6/c1-2-3-11-32-23(31)15-5-4-6-16(12-15)26-20(28)9-10-22(30)33-14-21(29)27-17-7-8-18(24)19(25)13-17/h4-8,12-13H,2-3,9-11,14H2,1H3,(H,26,28)(H,27,29). The van der Waals surface area contributed by atoms with Crippen molar-refractivity contribution in [3.63, 3.8) is 0 Å². The summed E-state index contributed by atoms with van der Waals surface area (Å²) in [7, 11) is 0. The Kier molecular flexibility index (Phi) is 10.7. The molecule has 0 saturated carbocycles. The number of carbonyl (C=O) groups is 4. The van der Waals surface area contributed by atoms with Crippen molar-refractivity contribution in [1.82, 2.24) is 0 Å². The summed E-state index contributed by atoms with van der Waals surface area (Å²) < 4.78 is 10.0. The number of esters is 2. The van der Waals surface area contributed by atoms with Crippen LogP contribution in [0.3, 0.4) is 0 Å². The second-order valence-corrected chi connectivity index (χ2v) is 7.77. The molecule has 0 aliphatic carbocycles. The first-order valence-corrected chi connectivity index (χ1v) is 11.0. The van der Waals surface area contributed by atoms with Crippen LogP contribution in [0.25, 0.3) is 0 Å². The van der Waals surface area contributed by atoms with E-state index in [1.54, 1.807) is 24.3 Å². The Bertz CT molecular complexity index is 1010. The van der Waals surface area contributed by atoms with Gasteiger partial charge in [0, 0.05) is 17.8 Å². The normalized spacial score (nSPS) is 10.3. The molecule has 2 rings (SSSR count). The fourth-order valence-electron chi connectivity index (χ4n) is 2.54. The zero-order valence-electron chi connectivity index (χ0n) is 18.0. The van der Waals surface area contributed by atoms with Crippen LogP contribution >= 0.6 is 23.2 Å². The van der Waals surface area contributed by atoms with E-state index in [1.807, 2.05) is 6.92 Å². The van der Waals surface area contributed by atoms with Crippen molar-refractivity contribution < 1.29 is 28.7 Å². The molecule has 0 fully saturated rings. The van der Waals surface area contributed by atoms with E-state index in [1.165, 1.54) is 18.2 Å². The van der Waals surface area contributed by atoms with E-state index in [0.717, 1.165) is 12.8 Å². The maximum Gasteiger partial charge on any atom is 0.338 e. The molecule has 0 unspecified atom stereocenters. The summed E-state index contributed by atoms with van der Waals surface area (Å²) in [5.41, 5.74) is 1.12. The first kappa shape index (κ1) is 26.2. The van der Waals surface area contributed by atoms with Gasteiger partial charge in [0.15, 0.2) is 6.61 Å². The van der Waals surface area contributed by atoms with Crippen LogP contribution in [0.5, 0.6) is 0 Å². The van der Waals surface area contributed by atoms with Crippen molar-refractivity contribution in [2.75, 3.05) is 23.8 Å². The molecule has 2 N–H and O–H groups in total. The highest BCUT2D eigenvalue weighted by Gasteiger charge is 2.13. The minimum atomic E-state index is -0.706. The molecule has 0 aliphatic rings. The lowest BCUT2D eigenvalue weighted by Gasteiger charge is -2.09. The molecule has 0 spiro atoms. The molecular weight excluding hydrogens is 471 g/mol. The van der Waals surface area contributed by atoms with Crippen LogP contribution in [0, 0.1) is 0 Å². The smallest absolute Gasteiger partial charge is 0.338 e. The third-order valence-corrected chi connectivity index (χ3v) is 4.98. The van der Waals surface area contributed by atoms with Crippen LogP contribution in [0.2, 0.25) is 10.0 Å². The van der Waals surface area contributed by atoms with Crippen molar-refractivity contribution in [3.8, 4) is 0 Å². The molecule has 10 heteroatoms. The number of carbonyl (C=O) groups excluding carboxylic acids is 4. The van der Waals surface area contributed by atoms with E-state index >= 15 is 0 Å². The monoisotopic (exact) mass is 494 g/mol. The number of nitrogens with one attached hydrogen (secondary N) is 2. The summed E-state index contributed by atoms with van der Waals surface area (Å²) >= 11 is 11.7. The Labute approximate surface area is 201 Å². The predicted octanol–water partition coefficient (Wildman–Crippen LogP) is 4.85.